The summed E-state index contributed by atoms with van der Waals surface area (Å²) in [6.45, 7) is 2.11. The maximum absolute atomic E-state index is 12.2. The highest BCUT2D eigenvalue weighted by atomic mass is 35.5. The first-order valence-corrected chi connectivity index (χ1v) is 13.2. The number of amides is 1. The number of para-hydroxylation sites is 3. The zero-order valence-corrected chi connectivity index (χ0v) is 21.8. The average Bonchev–Trinajstić information content (AvgIpc) is 3.23. The summed E-state index contributed by atoms with van der Waals surface area (Å²) in [5, 5.41) is 4.32. The molecule has 0 aliphatic rings. The minimum absolute atomic E-state index is 0.0399. The Bertz CT molecular complexity index is 1270. The number of imidazole rings is 1. The highest BCUT2D eigenvalue weighted by Gasteiger charge is 2.11. The normalized spacial score (nSPS) is 11.1. The largest absolute Gasteiger partial charge is 0.492 e. The maximum Gasteiger partial charge on any atom is 0.224 e. The fourth-order valence-electron chi connectivity index (χ4n) is 4.20. The number of unbranched alkanes of at least 4 members (excludes halogenated alkanes) is 2. The van der Waals surface area contributed by atoms with Crippen LogP contribution in [-0.4, -0.2) is 28.6 Å². The summed E-state index contributed by atoms with van der Waals surface area (Å²) in [4.78, 5) is 17.0. The number of hydrogen-bond donors (Lipinski definition) is 1. The summed E-state index contributed by atoms with van der Waals surface area (Å²) in [6.07, 6.45) is 5.13. The summed E-state index contributed by atoms with van der Waals surface area (Å²) in [5.74, 6) is 1.86. The molecule has 0 aliphatic heterocycles. The van der Waals surface area contributed by atoms with Crippen molar-refractivity contribution in [1.29, 1.82) is 0 Å². The predicted octanol–water partition coefficient (Wildman–Crippen LogP) is 6.88. The van der Waals surface area contributed by atoms with Crippen molar-refractivity contribution in [3.8, 4) is 5.75 Å². The Morgan fingerprint density at radius 1 is 0.889 bits per heavy atom. The number of ether oxygens (including phenoxy) is 1. The molecule has 0 spiro atoms. The van der Waals surface area contributed by atoms with Crippen LogP contribution in [0.4, 0.5) is 0 Å². The molecule has 0 bridgehead atoms. The predicted molar refractivity (Wildman–Crippen MR) is 147 cm³/mol. The molecule has 0 fully saturated rings. The van der Waals surface area contributed by atoms with E-state index in [1.165, 1.54) is 0 Å². The number of rotatable bonds is 13. The van der Waals surface area contributed by atoms with E-state index in [-0.39, 0.29) is 5.91 Å². The van der Waals surface area contributed by atoms with Gasteiger partial charge in [-0.1, -0.05) is 66.0 Å². The second kappa shape index (κ2) is 13.3. The average molecular weight is 524 g/mol. The summed E-state index contributed by atoms with van der Waals surface area (Å²) < 4.78 is 8.17. The highest BCUT2D eigenvalue weighted by Crippen LogP contribution is 2.23. The third-order valence-electron chi connectivity index (χ3n) is 6.03. The lowest BCUT2D eigenvalue weighted by atomic mass is 10.1. The smallest absolute Gasteiger partial charge is 0.224 e. The highest BCUT2D eigenvalue weighted by molar-refractivity contribution is 6.32. The van der Waals surface area contributed by atoms with Crippen molar-refractivity contribution in [2.24, 2.45) is 0 Å². The van der Waals surface area contributed by atoms with E-state index >= 15 is 0 Å². The molecule has 1 heterocycles. The molecule has 0 radical (unpaired) electrons. The number of carbonyl (C=O) groups is 1. The third-order valence-corrected chi connectivity index (χ3v) is 6.60. The molecule has 7 heteroatoms. The SMILES string of the molecule is O=C(Cc1ccc(Cl)cc1)NCCCCCc1nc2ccccc2n1CCCOc1ccccc1Cl. The second-order valence-corrected chi connectivity index (χ2v) is 9.61. The summed E-state index contributed by atoms with van der Waals surface area (Å²) in [6, 6.07) is 23.2. The molecule has 1 aromatic heterocycles. The van der Waals surface area contributed by atoms with Gasteiger partial charge in [-0.05, 0) is 61.2 Å². The minimum Gasteiger partial charge on any atom is -0.492 e. The van der Waals surface area contributed by atoms with Gasteiger partial charge in [-0.25, -0.2) is 4.98 Å². The molecule has 1 amide bonds. The molecular weight excluding hydrogens is 493 g/mol. The first kappa shape index (κ1) is 26.1. The first-order valence-electron chi connectivity index (χ1n) is 12.4. The maximum atomic E-state index is 12.2. The minimum atomic E-state index is 0.0399. The van der Waals surface area contributed by atoms with Crippen molar-refractivity contribution in [3.63, 3.8) is 0 Å². The lowest BCUT2D eigenvalue weighted by Crippen LogP contribution is -2.26. The van der Waals surface area contributed by atoms with E-state index in [0.29, 0.717) is 29.6 Å². The van der Waals surface area contributed by atoms with Gasteiger partial charge in [0.15, 0.2) is 0 Å². The van der Waals surface area contributed by atoms with E-state index in [0.717, 1.165) is 66.8 Å². The van der Waals surface area contributed by atoms with Crippen LogP contribution >= 0.6 is 23.2 Å². The van der Waals surface area contributed by atoms with Crippen LogP contribution in [0.25, 0.3) is 11.0 Å². The van der Waals surface area contributed by atoms with Crippen LogP contribution in [0.2, 0.25) is 10.0 Å². The van der Waals surface area contributed by atoms with Gasteiger partial charge in [0.1, 0.15) is 11.6 Å². The fraction of sp³-hybridized carbons (Fsp3) is 0.310. The van der Waals surface area contributed by atoms with E-state index in [9.17, 15) is 4.79 Å². The molecule has 0 saturated heterocycles. The molecule has 0 aliphatic carbocycles. The molecule has 188 valence electrons. The molecule has 1 N–H and O–H groups in total. The van der Waals surface area contributed by atoms with Gasteiger partial charge < -0.3 is 14.6 Å². The molecule has 0 unspecified atom stereocenters. The number of hydrogen-bond acceptors (Lipinski definition) is 3. The van der Waals surface area contributed by atoms with Crippen molar-refractivity contribution < 1.29 is 9.53 Å². The Morgan fingerprint density at radius 2 is 1.67 bits per heavy atom. The molecule has 3 aromatic carbocycles. The number of nitrogens with one attached hydrogen (secondary N) is 1. The number of carbonyl (C=O) groups excluding carboxylic acids is 1. The van der Waals surface area contributed by atoms with Crippen molar-refractivity contribution in [2.75, 3.05) is 13.2 Å². The Hall–Kier alpha value is -3.02. The summed E-state index contributed by atoms with van der Waals surface area (Å²) >= 11 is 12.1. The fourth-order valence-corrected chi connectivity index (χ4v) is 4.51. The zero-order chi connectivity index (χ0) is 25.2. The van der Waals surface area contributed by atoms with Crippen LogP contribution < -0.4 is 10.1 Å². The van der Waals surface area contributed by atoms with Gasteiger partial charge in [-0.3, -0.25) is 4.79 Å². The third kappa shape index (κ3) is 7.49. The Balaban J connectivity index is 1.21. The van der Waals surface area contributed by atoms with Crippen LogP contribution in [0.5, 0.6) is 5.75 Å². The van der Waals surface area contributed by atoms with Gasteiger partial charge in [0, 0.05) is 24.5 Å². The molecule has 0 atom stereocenters. The van der Waals surface area contributed by atoms with Gasteiger partial charge in [-0.2, -0.15) is 0 Å². The lowest BCUT2D eigenvalue weighted by Gasteiger charge is -2.11. The Kier molecular flexibility index (Phi) is 9.65. The van der Waals surface area contributed by atoms with E-state index < -0.39 is 0 Å². The van der Waals surface area contributed by atoms with Crippen molar-refractivity contribution in [3.05, 3.63) is 94.2 Å². The van der Waals surface area contributed by atoms with E-state index in [4.69, 9.17) is 32.9 Å². The Morgan fingerprint density at radius 3 is 2.50 bits per heavy atom. The standard InChI is InChI=1S/C29H31Cl2N3O2/c30-23-16-14-22(15-17-23)21-29(35)32-18-7-1-2-13-28-33-25-10-4-5-11-26(25)34(28)19-8-20-36-27-12-6-3-9-24(27)31/h3-6,9-12,14-17H,1-2,7-8,13,18-21H2,(H,32,35). The number of halogens is 2. The number of aromatic nitrogens is 2. The van der Waals surface area contributed by atoms with Crippen molar-refractivity contribution >= 4 is 40.1 Å². The number of aryl methyl sites for hydroxylation is 2. The number of fused-ring (bicyclic) bond motifs is 1. The van der Waals surface area contributed by atoms with Gasteiger partial charge in [0.25, 0.3) is 0 Å². The van der Waals surface area contributed by atoms with Gasteiger partial charge in [0.05, 0.1) is 29.1 Å². The number of benzene rings is 3. The van der Waals surface area contributed by atoms with Crippen LogP contribution in [0.3, 0.4) is 0 Å². The zero-order valence-electron chi connectivity index (χ0n) is 20.3. The quantitative estimate of drug-likeness (QED) is 0.194. The molecule has 5 nitrogen and oxygen atoms in total. The topological polar surface area (TPSA) is 56.2 Å². The van der Waals surface area contributed by atoms with E-state index in [2.05, 4.69) is 28.1 Å². The van der Waals surface area contributed by atoms with Gasteiger partial charge in [0.2, 0.25) is 5.91 Å². The van der Waals surface area contributed by atoms with Crippen LogP contribution in [0.15, 0.2) is 72.8 Å². The molecule has 0 saturated carbocycles. The van der Waals surface area contributed by atoms with Crippen LogP contribution in [0.1, 0.15) is 37.1 Å². The molecular formula is C29H31Cl2N3O2. The summed E-state index contributed by atoms with van der Waals surface area (Å²) in [5.41, 5.74) is 3.14. The van der Waals surface area contributed by atoms with Crippen LogP contribution in [0, 0.1) is 0 Å². The van der Waals surface area contributed by atoms with Crippen molar-refractivity contribution in [1.82, 2.24) is 14.9 Å². The molecule has 4 rings (SSSR count). The van der Waals surface area contributed by atoms with E-state index in [1.54, 1.807) is 0 Å². The molecule has 36 heavy (non-hydrogen) atoms. The monoisotopic (exact) mass is 523 g/mol. The van der Waals surface area contributed by atoms with Crippen molar-refractivity contribution in [2.45, 2.75) is 45.1 Å². The Labute approximate surface area is 222 Å². The second-order valence-electron chi connectivity index (χ2n) is 8.76. The van der Waals surface area contributed by atoms with Gasteiger partial charge in [-0.15, -0.1) is 0 Å². The first-order chi connectivity index (χ1) is 17.6. The lowest BCUT2D eigenvalue weighted by molar-refractivity contribution is -0.120. The van der Waals surface area contributed by atoms with Gasteiger partial charge >= 0.3 is 0 Å². The van der Waals surface area contributed by atoms with E-state index in [1.807, 2.05) is 54.6 Å². The summed E-state index contributed by atoms with van der Waals surface area (Å²) in [7, 11) is 0. The molecule has 4 aromatic rings. The number of nitrogens with zero attached hydrogens (tertiary/aromatic N) is 2. The van der Waals surface area contributed by atoms with Crippen LogP contribution in [-0.2, 0) is 24.2 Å².